The SMILES string of the molecule is Nc1ccccc1S(=O)(=O)O.O=C(O)C1=NN(c2ccccc2)CC1=O. The van der Waals surface area contributed by atoms with Gasteiger partial charge in [-0.3, -0.25) is 14.4 Å². The molecule has 0 unspecified atom stereocenters. The molecule has 0 saturated heterocycles. The molecule has 0 radical (unpaired) electrons. The number of anilines is 2. The van der Waals surface area contributed by atoms with E-state index in [0.717, 1.165) is 0 Å². The second-order valence-corrected chi connectivity index (χ2v) is 6.47. The summed E-state index contributed by atoms with van der Waals surface area (Å²) in [5.74, 6) is -1.75. The molecule has 136 valence electrons. The third-order valence-electron chi connectivity index (χ3n) is 3.23. The van der Waals surface area contributed by atoms with Gasteiger partial charge in [-0.05, 0) is 24.3 Å². The lowest BCUT2D eigenvalue weighted by molar-refractivity contribution is -0.130. The van der Waals surface area contributed by atoms with Crippen LogP contribution in [0.1, 0.15) is 0 Å². The number of aliphatic carboxylic acids is 1. The Morgan fingerprint density at radius 1 is 1.08 bits per heavy atom. The van der Waals surface area contributed by atoms with Crippen LogP contribution in [0, 0.1) is 0 Å². The molecule has 0 aromatic heterocycles. The number of para-hydroxylation sites is 2. The zero-order valence-corrected chi connectivity index (χ0v) is 14.1. The molecule has 10 heteroatoms. The summed E-state index contributed by atoms with van der Waals surface area (Å²) >= 11 is 0. The molecule has 1 aliphatic rings. The molecule has 0 aliphatic carbocycles. The summed E-state index contributed by atoms with van der Waals surface area (Å²) in [6, 6.07) is 14.7. The van der Waals surface area contributed by atoms with E-state index in [9.17, 15) is 18.0 Å². The first kappa shape index (κ1) is 19.1. The van der Waals surface area contributed by atoms with Gasteiger partial charge in [0.1, 0.15) is 11.4 Å². The van der Waals surface area contributed by atoms with E-state index >= 15 is 0 Å². The van der Waals surface area contributed by atoms with Gasteiger partial charge in [0.25, 0.3) is 10.1 Å². The van der Waals surface area contributed by atoms with Gasteiger partial charge in [0, 0.05) is 0 Å². The minimum Gasteiger partial charge on any atom is -0.476 e. The number of carbonyl (C=O) groups excluding carboxylic acids is 1. The van der Waals surface area contributed by atoms with Crippen molar-refractivity contribution in [1.82, 2.24) is 0 Å². The molecule has 3 rings (SSSR count). The third-order valence-corrected chi connectivity index (χ3v) is 4.16. The molecule has 2 aromatic rings. The van der Waals surface area contributed by atoms with Gasteiger partial charge in [-0.15, -0.1) is 0 Å². The molecule has 0 amide bonds. The fourth-order valence-corrected chi connectivity index (χ4v) is 2.67. The van der Waals surface area contributed by atoms with Gasteiger partial charge in [0.15, 0.2) is 0 Å². The molecule has 2 aromatic carbocycles. The summed E-state index contributed by atoms with van der Waals surface area (Å²) in [5, 5.41) is 13.8. The summed E-state index contributed by atoms with van der Waals surface area (Å²) in [6.45, 7) is -0.00829. The minimum atomic E-state index is -4.16. The number of hydrogen-bond donors (Lipinski definition) is 3. The third kappa shape index (κ3) is 4.65. The zero-order valence-electron chi connectivity index (χ0n) is 13.3. The van der Waals surface area contributed by atoms with Gasteiger partial charge in [0.05, 0.1) is 11.4 Å². The standard InChI is InChI=1S/C10H8N2O3.C6H7NO3S/c13-8-6-12(11-9(8)10(14)15)7-4-2-1-3-5-7;7-5-3-1-2-4-6(5)11(8,9)10/h1-5H,6H2,(H,14,15);1-4H,7H2,(H,8,9,10). The average Bonchev–Trinajstić information content (AvgIpc) is 2.98. The molecule has 0 fully saturated rings. The van der Waals surface area contributed by atoms with Gasteiger partial charge in [0.2, 0.25) is 11.5 Å². The lowest BCUT2D eigenvalue weighted by Crippen LogP contribution is -2.22. The number of nitrogens with zero attached hydrogens (tertiary/aromatic N) is 2. The van der Waals surface area contributed by atoms with Crippen molar-refractivity contribution in [3.63, 3.8) is 0 Å². The number of carbonyl (C=O) groups is 2. The lowest BCUT2D eigenvalue weighted by Gasteiger charge is -2.11. The molecule has 4 N–H and O–H groups in total. The Bertz CT molecular complexity index is 957. The van der Waals surface area contributed by atoms with E-state index in [1.54, 1.807) is 30.3 Å². The quantitative estimate of drug-likeness (QED) is 0.530. The van der Waals surface area contributed by atoms with Crippen LogP contribution >= 0.6 is 0 Å². The molecule has 9 nitrogen and oxygen atoms in total. The van der Waals surface area contributed by atoms with Crippen molar-refractivity contribution in [3.05, 3.63) is 54.6 Å². The number of ketones is 1. The molecular formula is C16H15N3O6S. The first-order chi connectivity index (χ1) is 12.2. The Labute approximate surface area is 149 Å². The number of hydrogen-bond acceptors (Lipinski definition) is 7. The fraction of sp³-hybridized carbons (Fsp3) is 0.0625. The lowest BCUT2D eigenvalue weighted by atomic mass is 10.2. The maximum atomic E-state index is 11.2. The predicted octanol–water partition coefficient (Wildman–Crippen LogP) is 1.03. The predicted molar refractivity (Wildman–Crippen MR) is 94.5 cm³/mol. The van der Waals surface area contributed by atoms with Crippen LogP contribution in [-0.4, -0.2) is 42.1 Å². The molecule has 0 atom stereocenters. The summed E-state index contributed by atoms with van der Waals surface area (Å²) in [4.78, 5) is 21.6. The summed E-state index contributed by atoms with van der Waals surface area (Å²) in [6.07, 6.45) is 0. The minimum absolute atomic E-state index is 0.00829. The largest absolute Gasteiger partial charge is 0.476 e. The van der Waals surface area contributed by atoms with Gasteiger partial charge < -0.3 is 10.8 Å². The van der Waals surface area contributed by atoms with Crippen LogP contribution in [0.2, 0.25) is 0 Å². The van der Waals surface area contributed by atoms with Crippen LogP contribution in [-0.2, 0) is 19.7 Å². The second kappa shape index (κ2) is 7.76. The van der Waals surface area contributed by atoms with Gasteiger partial charge in [-0.1, -0.05) is 30.3 Å². The number of rotatable bonds is 3. The highest BCUT2D eigenvalue weighted by atomic mass is 32.2. The van der Waals surface area contributed by atoms with Crippen molar-refractivity contribution in [2.45, 2.75) is 4.90 Å². The average molecular weight is 377 g/mol. The number of carboxylic acid groups (broad SMARTS) is 1. The van der Waals surface area contributed by atoms with Crippen LogP contribution in [0.15, 0.2) is 64.6 Å². The number of Topliss-reactive ketones (excluding diaryl/α,β-unsaturated/α-hetero) is 1. The Hall–Kier alpha value is -3.24. The Balaban J connectivity index is 0.000000197. The smallest absolute Gasteiger partial charge is 0.360 e. The highest BCUT2D eigenvalue weighted by Crippen LogP contribution is 2.17. The van der Waals surface area contributed by atoms with Crippen LogP contribution < -0.4 is 10.7 Å². The van der Waals surface area contributed by atoms with Crippen LogP contribution in [0.4, 0.5) is 11.4 Å². The molecule has 26 heavy (non-hydrogen) atoms. The van der Waals surface area contributed by atoms with E-state index in [4.69, 9.17) is 15.4 Å². The highest BCUT2D eigenvalue weighted by molar-refractivity contribution is 7.86. The second-order valence-electron chi connectivity index (χ2n) is 5.08. The van der Waals surface area contributed by atoms with Crippen molar-refractivity contribution >= 4 is 39.0 Å². The molecule has 0 saturated carbocycles. The number of nitrogens with two attached hydrogens (primary N) is 1. The molecule has 0 bridgehead atoms. The van der Waals surface area contributed by atoms with E-state index in [0.29, 0.717) is 5.69 Å². The Morgan fingerprint density at radius 2 is 1.65 bits per heavy atom. The first-order valence-electron chi connectivity index (χ1n) is 7.20. The molecule has 0 spiro atoms. The first-order valence-corrected chi connectivity index (χ1v) is 8.64. The topological polar surface area (TPSA) is 150 Å². The van der Waals surface area contributed by atoms with E-state index in [2.05, 4.69) is 5.10 Å². The van der Waals surface area contributed by atoms with Crippen molar-refractivity contribution in [1.29, 1.82) is 0 Å². The van der Waals surface area contributed by atoms with Crippen LogP contribution in [0.25, 0.3) is 0 Å². The number of benzene rings is 2. The monoisotopic (exact) mass is 377 g/mol. The number of nitrogen functional groups attached to an aromatic ring is 1. The maximum absolute atomic E-state index is 11.2. The van der Waals surface area contributed by atoms with Crippen molar-refractivity contribution in [2.75, 3.05) is 17.3 Å². The van der Waals surface area contributed by atoms with E-state index < -0.39 is 27.6 Å². The normalized spacial score (nSPS) is 13.7. The summed E-state index contributed by atoms with van der Waals surface area (Å²) in [5.41, 5.74) is 5.62. The Morgan fingerprint density at radius 3 is 2.12 bits per heavy atom. The van der Waals surface area contributed by atoms with E-state index in [1.807, 2.05) is 6.07 Å². The van der Waals surface area contributed by atoms with Crippen molar-refractivity contribution in [3.8, 4) is 0 Å². The fourth-order valence-electron chi connectivity index (χ4n) is 2.05. The summed E-state index contributed by atoms with van der Waals surface area (Å²) < 4.78 is 29.6. The van der Waals surface area contributed by atoms with Crippen molar-refractivity contribution < 1.29 is 27.7 Å². The molecular weight excluding hydrogens is 362 g/mol. The molecule has 1 aliphatic heterocycles. The number of carboxylic acids is 1. The number of hydrazone groups is 1. The Kier molecular flexibility index (Phi) is 5.70. The summed E-state index contributed by atoms with van der Waals surface area (Å²) in [7, 11) is -4.16. The van der Waals surface area contributed by atoms with Gasteiger partial charge in [-0.2, -0.15) is 13.5 Å². The van der Waals surface area contributed by atoms with E-state index in [-0.39, 0.29) is 17.1 Å². The molecule has 1 heterocycles. The zero-order chi connectivity index (χ0) is 19.3. The van der Waals surface area contributed by atoms with Crippen molar-refractivity contribution in [2.24, 2.45) is 5.10 Å². The highest BCUT2D eigenvalue weighted by Gasteiger charge is 2.29. The van der Waals surface area contributed by atoms with E-state index in [1.165, 1.54) is 23.2 Å². The van der Waals surface area contributed by atoms with Gasteiger partial charge >= 0.3 is 5.97 Å². The van der Waals surface area contributed by atoms with Crippen LogP contribution in [0.5, 0.6) is 0 Å². The van der Waals surface area contributed by atoms with Crippen LogP contribution in [0.3, 0.4) is 0 Å². The maximum Gasteiger partial charge on any atom is 0.360 e. The van der Waals surface area contributed by atoms with Gasteiger partial charge in [-0.25, -0.2) is 4.79 Å².